The van der Waals surface area contributed by atoms with Crippen molar-refractivity contribution in [2.24, 2.45) is 0 Å². The molecule has 1 aliphatic rings. The molecule has 7 heteroatoms. The van der Waals surface area contributed by atoms with Gasteiger partial charge >= 0.3 is 29.6 Å². The van der Waals surface area contributed by atoms with Crippen LogP contribution >= 0.6 is 0 Å². The molecule has 1 aromatic carbocycles. The number of aliphatic carboxylic acids is 1. The number of benzene rings is 1. The van der Waals surface area contributed by atoms with Gasteiger partial charge in [-0.3, -0.25) is 4.79 Å². The molecule has 0 spiro atoms. The summed E-state index contributed by atoms with van der Waals surface area (Å²) in [7, 11) is 1.61. The van der Waals surface area contributed by atoms with Crippen LogP contribution in [0.5, 0.6) is 5.75 Å². The molecular formula is C13H15N2NaO4. The Bertz CT molecular complexity index is 487. The molecule has 1 amide bonds. The Morgan fingerprint density at radius 1 is 1.20 bits per heavy atom. The summed E-state index contributed by atoms with van der Waals surface area (Å²) in [6.07, 6.45) is 0. The number of carboxylic acids is 1. The first-order chi connectivity index (χ1) is 9.11. The predicted octanol–water partition coefficient (Wildman–Crippen LogP) is -3.90. The van der Waals surface area contributed by atoms with Crippen LogP contribution in [0.1, 0.15) is 0 Å². The number of carbonyl (C=O) groups excluding carboxylic acids is 2. The van der Waals surface area contributed by atoms with Gasteiger partial charge in [-0.15, -0.1) is 0 Å². The van der Waals surface area contributed by atoms with Crippen LogP contribution in [0, 0.1) is 0 Å². The third kappa shape index (κ3) is 3.88. The van der Waals surface area contributed by atoms with Gasteiger partial charge in [0.1, 0.15) is 11.7 Å². The Morgan fingerprint density at radius 3 is 2.40 bits per heavy atom. The summed E-state index contributed by atoms with van der Waals surface area (Å²) >= 11 is 0. The molecule has 1 aliphatic heterocycles. The van der Waals surface area contributed by atoms with Crippen LogP contribution in [0.25, 0.3) is 0 Å². The van der Waals surface area contributed by atoms with Gasteiger partial charge in [-0.05, 0) is 12.1 Å². The maximum Gasteiger partial charge on any atom is 1.00 e. The average molecular weight is 286 g/mol. The molecule has 1 heterocycles. The van der Waals surface area contributed by atoms with Crippen LogP contribution in [0.3, 0.4) is 0 Å². The largest absolute Gasteiger partial charge is 1.00 e. The molecule has 0 unspecified atom stereocenters. The van der Waals surface area contributed by atoms with Crippen molar-refractivity contribution in [3.05, 3.63) is 24.3 Å². The van der Waals surface area contributed by atoms with Gasteiger partial charge in [0.15, 0.2) is 0 Å². The molecule has 1 fully saturated rings. The minimum atomic E-state index is -1.64. The third-order valence-corrected chi connectivity index (χ3v) is 3.16. The van der Waals surface area contributed by atoms with E-state index in [4.69, 9.17) is 4.74 Å². The van der Waals surface area contributed by atoms with E-state index in [0.29, 0.717) is 26.2 Å². The van der Waals surface area contributed by atoms with Crippen molar-refractivity contribution in [3.63, 3.8) is 0 Å². The molecule has 1 aromatic rings. The Kier molecular flexibility index (Phi) is 6.32. The number of rotatable bonds is 2. The van der Waals surface area contributed by atoms with Gasteiger partial charge in [0.25, 0.3) is 5.91 Å². The van der Waals surface area contributed by atoms with Gasteiger partial charge < -0.3 is 24.4 Å². The normalized spacial score (nSPS) is 14.4. The fourth-order valence-electron chi connectivity index (χ4n) is 2.10. The molecule has 102 valence electrons. The summed E-state index contributed by atoms with van der Waals surface area (Å²) in [5.41, 5.74) is 1.000. The number of carbonyl (C=O) groups is 2. The summed E-state index contributed by atoms with van der Waals surface area (Å²) in [5.74, 6) is -1.81. The fraction of sp³-hybridized carbons (Fsp3) is 0.385. The number of hydrogen-bond acceptors (Lipinski definition) is 5. The number of anilines is 1. The van der Waals surface area contributed by atoms with Crippen LogP contribution in [-0.2, 0) is 9.59 Å². The first-order valence-electron chi connectivity index (χ1n) is 6.01. The Morgan fingerprint density at radius 2 is 1.85 bits per heavy atom. The molecule has 20 heavy (non-hydrogen) atoms. The quantitative estimate of drug-likeness (QED) is 0.410. The average Bonchev–Trinajstić information content (AvgIpc) is 2.46. The van der Waals surface area contributed by atoms with Crippen molar-refractivity contribution in [1.29, 1.82) is 0 Å². The SMILES string of the molecule is COc1cccc(N2CCN(C(=O)C(=O)[O-])CC2)c1.[Na+]. The van der Waals surface area contributed by atoms with Gasteiger partial charge in [0.2, 0.25) is 0 Å². The number of ether oxygens (including phenoxy) is 1. The van der Waals surface area contributed by atoms with Crippen LogP contribution in [-0.4, -0.2) is 50.1 Å². The molecule has 0 saturated carbocycles. The summed E-state index contributed by atoms with van der Waals surface area (Å²) in [6.45, 7) is 1.94. The van der Waals surface area contributed by atoms with E-state index in [9.17, 15) is 14.7 Å². The van der Waals surface area contributed by atoms with Crippen molar-refractivity contribution < 1.29 is 49.0 Å². The minimum Gasteiger partial charge on any atom is -0.540 e. The van der Waals surface area contributed by atoms with Gasteiger partial charge in [0, 0.05) is 37.9 Å². The maximum atomic E-state index is 11.3. The molecule has 0 atom stereocenters. The van der Waals surface area contributed by atoms with E-state index in [1.807, 2.05) is 24.3 Å². The van der Waals surface area contributed by atoms with Crippen molar-refractivity contribution in [1.82, 2.24) is 4.90 Å². The molecule has 6 nitrogen and oxygen atoms in total. The smallest absolute Gasteiger partial charge is 0.540 e. The maximum absolute atomic E-state index is 11.3. The molecule has 0 radical (unpaired) electrons. The molecule has 1 saturated heterocycles. The van der Waals surface area contributed by atoms with Crippen LogP contribution in [0.4, 0.5) is 5.69 Å². The number of piperazine rings is 1. The topological polar surface area (TPSA) is 72.9 Å². The van der Waals surface area contributed by atoms with Gasteiger partial charge in [-0.2, -0.15) is 0 Å². The third-order valence-electron chi connectivity index (χ3n) is 3.16. The summed E-state index contributed by atoms with van der Waals surface area (Å²) in [4.78, 5) is 25.2. The second kappa shape index (κ2) is 7.52. The van der Waals surface area contributed by atoms with Crippen molar-refractivity contribution in [3.8, 4) is 5.75 Å². The van der Waals surface area contributed by atoms with E-state index in [2.05, 4.69) is 4.90 Å². The Hall–Kier alpha value is -1.24. The van der Waals surface area contributed by atoms with Crippen molar-refractivity contribution in [2.45, 2.75) is 0 Å². The number of methoxy groups -OCH3 is 1. The second-order valence-electron chi connectivity index (χ2n) is 4.27. The predicted molar refractivity (Wildman–Crippen MR) is 66.8 cm³/mol. The Balaban J connectivity index is 0.00000200. The van der Waals surface area contributed by atoms with E-state index in [1.165, 1.54) is 4.90 Å². The molecule has 2 rings (SSSR count). The van der Waals surface area contributed by atoms with Gasteiger partial charge in [0.05, 0.1) is 7.11 Å². The monoisotopic (exact) mass is 286 g/mol. The van der Waals surface area contributed by atoms with E-state index in [1.54, 1.807) is 7.11 Å². The number of nitrogens with zero attached hydrogens (tertiary/aromatic N) is 2. The first-order valence-corrected chi connectivity index (χ1v) is 6.01. The summed E-state index contributed by atoms with van der Waals surface area (Å²) in [6, 6.07) is 7.63. The van der Waals surface area contributed by atoms with Gasteiger partial charge in [-0.1, -0.05) is 6.07 Å². The molecule has 0 N–H and O–H groups in total. The first kappa shape index (κ1) is 16.8. The summed E-state index contributed by atoms with van der Waals surface area (Å²) < 4.78 is 5.16. The number of hydrogen-bond donors (Lipinski definition) is 0. The summed E-state index contributed by atoms with van der Waals surface area (Å²) in [5, 5.41) is 10.5. The van der Waals surface area contributed by atoms with E-state index >= 15 is 0 Å². The van der Waals surface area contributed by atoms with E-state index < -0.39 is 11.9 Å². The molecule has 0 aromatic heterocycles. The van der Waals surface area contributed by atoms with Gasteiger partial charge in [-0.25, -0.2) is 0 Å². The van der Waals surface area contributed by atoms with Crippen LogP contribution in [0.15, 0.2) is 24.3 Å². The van der Waals surface area contributed by atoms with Crippen LogP contribution in [0.2, 0.25) is 0 Å². The molecule has 0 aliphatic carbocycles. The zero-order chi connectivity index (χ0) is 13.8. The standard InChI is InChI=1S/C13H16N2O4.Na/c1-19-11-4-2-3-10(9-11)14-5-7-15(8-6-14)12(16)13(17)18;/h2-4,9H,5-8H2,1H3,(H,17,18);/q;+1/p-1. The van der Waals surface area contributed by atoms with E-state index in [0.717, 1.165) is 11.4 Å². The number of carboxylic acid groups (broad SMARTS) is 1. The van der Waals surface area contributed by atoms with Crippen LogP contribution < -0.4 is 44.3 Å². The van der Waals surface area contributed by atoms with Crippen molar-refractivity contribution >= 4 is 17.6 Å². The molecular weight excluding hydrogens is 271 g/mol. The Labute approximate surface area is 139 Å². The second-order valence-corrected chi connectivity index (χ2v) is 4.27. The van der Waals surface area contributed by atoms with Crippen molar-refractivity contribution in [2.75, 3.05) is 38.2 Å². The zero-order valence-electron chi connectivity index (χ0n) is 11.7. The molecule has 0 bridgehead atoms. The fourth-order valence-corrected chi connectivity index (χ4v) is 2.10. The minimum absolute atomic E-state index is 0. The zero-order valence-corrected chi connectivity index (χ0v) is 13.7. The van der Waals surface area contributed by atoms with E-state index in [-0.39, 0.29) is 29.6 Å². The number of amides is 1.